The number of aryl methyl sites for hydroxylation is 1. The van der Waals surface area contributed by atoms with E-state index >= 15 is 0 Å². The Bertz CT molecular complexity index is 2410. The van der Waals surface area contributed by atoms with E-state index in [0.29, 0.717) is 63.3 Å². The Balaban J connectivity index is 1.04. The number of amides is 1. The number of benzene rings is 3. The molecule has 2 unspecified atom stereocenters. The van der Waals surface area contributed by atoms with Crippen LogP contribution in [-0.4, -0.2) is 87.5 Å². The van der Waals surface area contributed by atoms with Crippen molar-refractivity contribution in [2.75, 3.05) is 50.1 Å². The van der Waals surface area contributed by atoms with Crippen LogP contribution in [0.15, 0.2) is 83.3 Å². The Morgan fingerprint density at radius 2 is 1.73 bits per heavy atom. The summed E-state index contributed by atoms with van der Waals surface area (Å²) >= 11 is 4.24. The first-order valence-corrected chi connectivity index (χ1v) is 23.1. The number of ether oxygens (including phenoxy) is 2. The highest BCUT2D eigenvalue weighted by atomic mass is 79.9. The zero-order valence-electron chi connectivity index (χ0n) is 36.0. The summed E-state index contributed by atoms with van der Waals surface area (Å²) in [4.78, 5) is 32.0. The minimum absolute atomic E-state index is 0.117. The second kappa shape index (κ2) is 16.7. The van der Waals surface area contributed by atoms with Gasteiger partial charge < -0.3 is 24.2 Å². The number of fused-ring (bicyclic) bond motifs is 5. The van der Waals surface area contributed by atoms with E-state index in [1.807, 2.05) is 10.7 Å². The van der Waals surface area contributed by atoms with Gasteiger partial charge in [0.1, 0.15) is 24.2 Å². The lowest BCUT2D eigenvalue weighted by atomic mass is 9.71. The lowest BCUT2D eigenvalue weighted by Gasteiger charge is -2.45. The van der Waals surface area contributed by atoms with Crippen LogP contribution in [0.3, 0.4) is 0 Å². The predicted octanol–water partition coefficient (Wildman–Crippen LogP) is 8.58. The first kappa shape index (κ1) is 41.2. The molecule has 4 aliphatic heterocycles. The molecular weight excluding hydrogens is 847 g/mol. The van der Waals surface area contributed by atoms with Crippen molar-refractivity contribution in [3.05, 3.63) is 128 Å². The highest BCUT2D eigenvalue weighted by Gasteiger charge is 2.50. The molecule has 0 N–H and O–H groups in total. The van der Waals surface area contributed by atoms with Crippen LogP contribution in [0.2, 0.25) is 0 Å². The van der Waals surface area contributed by atoms with E-state index in [4.69, 9.17) is 24.5 Å². The lowest BCUT2D eigenvalue weighted by Crippen LogP contribution is -2.44. The number of nitrogens with zero attached hydrogens (tertiary/aromatic N) is 8. The maximum atomic E-state index is 14.9. The van der Waals surface area contributed by atoms with Gasteiger partial charge in [-0.15, -0.1) is 0 Å². The molecule has 4 atom stereocenters. The van der Waals surface area contributed by atoms with E-state index < -0.39 is 11.8 Å². The van der Waals surface area contributed by atoms with E-state index in [9.17, 15) is 9.18 Å². The van der Waals surface area contributed by atoms with Crippen molar-refractivity contribution >= 4 is 33.3 Å². The van der Waals surface area contributed by atoms with Gasteiger partial charge in [-0.2, -0.15) is 15.1 Å². The number of hydrogen-bond acceptors (Lipinski definition) is 9. The van der Waals surface area contributed by atoms with Crippen molar-refractivity contribution in [3.8, 4) is 6.01 Å². The summed E-state index contributed by atoms with van der Waals surface area (Å²) in [6, 6.07) is 28.2. The molecule has 0 saturated carbocycles. The molecule has 0 radical (unpaired) electrons. The van der Waals surface area contributed by atoms with E-state index in [2.05, 4.69) is 110 Å². The van der Waals surface area contributed by atoms with Crippen molar-refractivity contribution in [3.63, 3.8) is 0 Å². The van der Waals surface area contributed by atoms with Gasteiger partial charge in [-0.05, 0) is 89.3 Å². The Hall–Kier alpha value is -4.85. The zero-order chi connectivity index (χ0) is 42.6. The fourth-order valence-electron chi connectivity index (χ4n) is 10.9. The topological polar surface area (TPSA) is 92.1 Å². The number of halogens is 2. The van der Waals surface area contributed by atoms with Crippen LogP contribution in [0.5, 0.6) is 6.01 Å². The molecule has 2 fully saturated rings. The van der Waals surface area contributed by atoms with E-state index in [1.165, 1.54) is 22.3 Å². The van der Waals surface area contributed by atoms with Crippen molar-refractivity contribution in [2.45, 2.75) is 108 Å². The van der Waals surface area contributed by atoms with Crippen LogP contribution in [0, 0.1) is 0 Å². The van der Waals surface area contributed by atoms with Gasteiger partial charge in [-0.25, -0.2) is 4.39 Å². The predicted molar refractivity (Wildman–Crippen MR) is 241 cm³/mol. The third-order valence-electron chi connectivity index (χ3n) is 14.1. The molecule has 62 heavy (non-hydrogen) atoms. The van der Waals surface area contributed by atoms with E-state index in [0.717, 1.165) is 91.2 Å². The fourth-order valence-corrected chi connectivity index (χ4v) is 11.8. The van der Waals surface area contributed by atoms with Crippen molar-refractivity contribution in [2.24, 2.45) is 0 Å². The molecule has 2 saturated heterocycles. The van der Waals surface area contributed by atoms with Crippen LogP contribution in [0.4, 0.5) is 15.9 Å². The standard InChI is InChI=1S/C49H56BrFN8O3/c1-33-18-20-49(43-38(33)16-17-42(44(43)50)57(27-34-12-6-4-7-13-34)28-35-14-8-5-9-15-35)26-41-39(31-62-49)45(53-47(52-41)61-32-48-19-10-22-58(48)29-36(51)25-48)56-21-11-23-59-37(30-56)24-40(54-59)46(60)55(2)3/h4-9,12-17,24,33,36H,10-11,18-23,25-32H2,1-3H3/t33?,36-,48+,49?/m1/s1. The average molecular weight is 904 g/mol. The highest BCUT2D eigenvalue weighted by Crippen LogP contribution is 2.53. The molecule has 11 nitrogen and oxygen atoms in total. The molecule has 5 aliphatic rings. The summed E-state index contributed by atoms with van der Waals surface area (Å²) < 4.78 is 31.9. The monoisotopic (exact) mass is 902 g/mol. The van der Waals surface area contributed by atoms with Crippen molar-refractivity contribution < 1.29 is 18.7 Å². The first-order chi connectivity index (χ1) is 30.1. The summed E-state index contributed by atoms with van der Waals surface area (Å²) in [5.74, 6) is 1.03. The largest absolute Gasteiger partial charge is 0.461 e. The van der Waals surface area contributed by atoms with E-state index in [-0.39, 0.29) is 11.4 Å². The molecule has 5 aromatic rings. The minimum atomic E-state index is -0.851. The van der Waals surface area contributed by atoms with Gasteiger partial charge >= 0.3 is 6.01 Å². The molecule has 1 amide bonds. The molecule has 1 spiro atoms. The van der Waals surface area contributed by atoms with Gasteiger partial charge in [0.25, 0.3) is 5.91 Å². The van der Waals surface area contributed by atoms with Crippen LogP contribution >= 0.6 is 15.9 Å². The van der Waals surface area contributed by atoms with Gasteiger partial charge in [0, 0.05) is 75.3 Å². The van der Waals surface area contributed by atoms with Crippen LogP contribution < -0.4 is 14.5 Å². The number of carbonyl (C=O) groups excluding carboxylic acids is 1. The van der Waals surface area contributed by atoms with E-state index in [1.54, 1.807) is 19.0 Å². The Morgan fingerprint density at radius 3 is 2.47 bits per heavy atom. The third-order valence-corrected chi connectivity index (χ3v) is 14.9. The Labute approximate surface area is 372 Å². The average Bonchev–Trinajstić information content (AvgIpc) is 3.91. The lowest BCUT2D eigenvalue weighted by molar-refractivity contribution is -0.0877. The smallest absolute Gasteiger partial charge is 0.318 e. The molecule has 324 valence electrons. The molecule has 2 aromatic heterocycles. The Morgan fingerprint density at radius 1 is 0.968 bits per heavy atom. The molecule has 10 rings (SSSR count). The van der Waals surface area contributed by atoms with Gasteiger partial charge in [-0.1, -0.05) is 73.7 Å². The number of alkyl halides is 1. The SMILES string of the molecule is CC1CCC2(Cc3nc(OC[C@@]45CCCN4C[C@H](F)C5)nc(N4CCCn5nc(C(=O)N(C)C)cc5C4)c3CO2)c2c1ccc(N(Cc1ccccc1)Cc1ccccc1)c2Br. The number of carbonyl (C=O) groups is 1. The summed E-state index contributed by atoms with van der Waals surface area (Å²) in [6.45, 7) is 7.83. The van der Waals surface area contributed by atoms with Crippen molar-refractivity contribution in [1.29, 1.82) is 0 Å². The summed E-state index contributed by atoms with van der Waals surface area (Å²) in [5, 5.41) is 4.71. The van der Waals surface area contributed by atoms with Crippen LogP contribution in [0.1, 0.15) is 101 Å². The zero-order valence-corrected chi connectivity index (χ0v) is 37.6. The second-order valence-electron chi connectivity index (χ2n) is 18.4. The first-order valence-electron chi connectivity index (χ1n) is 22.3. The molecular formula is C49H56BrFN8O3. The highest BCUT2D eigenvalue weighted by molar-refractivity contribution is 9.10. The van der Waals surface area contributed by atoms with Gasteiger partial charge in [0.2, 0.25) is 0 Å². The fraction of sp³-hybridized carbons (Fsp3) is 0.469. The number of aromatic nitrogens is 4. The summed E-state index contributed by atoms with van der Waals surface area (Å²) in [5.41, 5.74) is 8.43. The summed E-state index contributed by atoms with van der Waals surface area (Å²) in [7, 11) is 3.50. The molecule has 6 heterocycles. The van der Waals surface area contributed by atoms with Crippen molar-refractivity contribution in [1.82, 2.24) is 29.5 Å². The van der Waals surface area contributed by atoms with Gasteiger partial charge in [-0.3, -0.25) is 14.4 Å². The minimum Gasteiger partial charge on any atom is -0.461 e. The van der Waals surface area contributed by atoms with Gasteiger partial charge in [0.15, 0.2) is 5.69 Å². The number of hydrogen-bond donors (Lipinski definition) is 0. The number of anilines is 2. The third kappa shape index (κ3) is 7.68. The summed E-state index contributed by atoms with van der Waals surface area (Å²) in [6.07, 6.45) is 4.78. The van der Waals surface area contributed by atoms with Gasteiger partial charge in [0.05, 0.1) is 35.8 Å². The van der Waals surface area contributed by atoms with Crippen LogP contribution in [0.25, 0.3) is 0 Å². The Kier molecular flexibility index (Phi) is 11.1. The maximum absolute atomic E-state index is 14.9. The molecule has 1 aliphatic carbocycles. The quantitative estimate of drug-likeness (QED) is 0.137. The number of rotatable bonds is 10. The second-order valence-corrected chi connectivity index (χ2v) is 19.2. The normalized spacial score (nSPS) is 24.2. The molecule has 0 bridgehead atoms. The maximum Gasteiger partial charge on any atom is 0.318 e. The van der Waals surface area contributed by atoms with Crippen LogP contribution in [-0.2, 0) is 49.5 Å². The molecule has 13 heteroatoms. The molecule has 3 aromatic carbocycles.